The maximum Gasteiger partial charge on any atom is 0.191 e. The molecule has 2 rings (SSSR count). The van der Waals surface area contributed by atoms with Gasteiger partial charge in [0.05, 0.1) is 13.2 Å². The van der Waals surface area contributed by atoms with Gasteiger partial charge < -0.3 is 19.9 Å². The molecule has 144 valence electrons. The van der Waals surface area contributed by atoms with Crippen LogP contribution in [0.1, 0.15) is 33.5 Å². The van der Waals surface area contributed by atoms with Crippen molar-refractivity contribution in [3.63, 3.8) is 0 Å². The Morgan fingerprint density at radius 3 is 2.64 bits per heavy atom. The third-order valence-electron chi connectivity index (χ3n) is 4.31. The topological polar surface area (TPSA) is 79.6 Å². The van der Waals surface area contributed by atoms with Crippen molar-refractivity contribution in [2.75, 3.05) is 39.4 Å². The minimum absolute atomic E-state index is 0. The second-order valence-electron chi connectivity index (χ2n) is 6.49. The lowest BCUT2D eigenvalue weighted by molar-refractivity contribution is -0.00834. The predicted octanol–water partition coefficient (Wildman–Crippen LogP) is 1.08. The van der Waals surface area contributed by atoms with Gasteiger partial charge >= 0.3 is 0 Å². The molecule has 0 aliphatic carbocycles. The monoisotopic (exact) mass is 465 g/mol. The SMILES string of the molecule is CCNC(=NCc1nncn1CC)NCC(C)(C)N1CCOCC1.I. The molecule has 0 atom stereocenters. The molecule has 0 unspecified atom stereocenters. The lowest BCUT2D eigenvalue weighted by atomic mass is 10.0. The quantitative estimate of drug-likeness (QED) is 0.357. The van der Waals surface area contributed by atoms with Gasteiger partial charge in [0, 0.05) is 38.3 Å². The van der Waals surface area contributed by atoms with Crippen LogP contribution in [0.2, 0.25) is 0 Å². The van der Waals surface area contributed by atoms with Crippen molar-refractivity contribution in [2.45, 2.75) is 46.3 Å². The minimum atomic E-state index is 0. The second-order valence-corrected chi connectivity index (χ2v) is 6.49. The van der Waals surface area contributed by atoms with E-state index in [4.69, 9.17) is 4.74 Å². The number of guanidine groups is 1. The van der Waals surface area contributed by atoms with Crippen LogP contribution in [0.25, 0.3) is 0 Å². The molecule has 0 radical (unpaired) electrons. The Hall–Kier alpha value is -0.940. The molecule has 0 amide bonds. The molecule has 25 heavy (non-hydrogen) atoms. The Kier molecular flexibility index (Phi) is 9.65. The Morgan fingerprint density at radius 2 is 2.00 bits per heavy atom. The van der Waals surface area contributed by atoms with E-state index in [-0.39, 0.29) is 29.5 Å². The van der Waals surface area contributed by atoms with Crippen LogP contribution in [-0.2, 0) is 17.8 Å². The van der Waals surface area contributed by atoms with E-state index in [0.29, 0.717) is 6.54 Å². The van der Waals surface area contributed by atoms with Gasteiger partial charge in [0.15, 0.2) is 11.8 Å². The fourth-order valence-corrected chi connectivity index (χ4v) is 2.74. The first-order valence-corrected chi connectivity index (χ1v) is 8.78. The Labute approximate surface area is 167 Å². The van der Waals surface area contributed by atoms with Crippen LogP contribution in [0.5, 0.6) is 0 Å². The van der Waals surface area contributed by atoms with Gasteiger partial charge in [-0.2, -0.15) is 0 Å². The predicted molar refractivity (Wildman–Crippen MR) is 110 cm³/mol. The summed E-state index contributed by atoms with van der Waals surface area (Å²) in [5, 5.41) is 14.8. The van der Waals surface area contributed by atoms with E-state index >= 15 is 0 Å². The van der Waals surface area contributed by atoms with E-state index in [1.54, 1.807) is 6.33 Å². The summed E-state index contributed by atoms with van der Waals surface area (Å²) in [6, 6.07) is 0. The van der Waals surface area contributed by atoms with Crippen molar-refractivity contribution < 1.29 is 4.74 Å². The number of hydrogen-bond acceptors (Lipinski definition) is 5. The van der Waals surface area contributed by atoms with E-state index in [1.165, 1.54) is 0 Å². The van der Waals surface area contributed by atoms with Gasteiger partial charge in [-0.25, -0.2) is 4.99 Å². The molecule has 0 bridgehead atoms. The summed E-state index contributed by atoms with van der Waals surface area (Å²) >= 11 is 0. The van der Waals surface area contributed by atoms with Crippen LogP contribution in [0.4, 0.5) is 0 Å². The first-order chi connectivity index (χ1) is 11.6. The number of aliphatic imine (C=N–C) groups is 1. The first kappa shape index (κ1) is 22.1. The summed E-state index contributed by atoms with van der Waals surface area (Å²) in [6.45, 7) is 15.2. The highest BCUT2D eigenvalue weighted by Crippen LogP contribution is 2.15. The molecule has 1 fully saturated rings. The van der Waals surface area contributed by atoms with Gasteiger partial charge in [0.2, 0.25) is 0 Å². The van der Waals surface area contributed by atoms with Crippen molar-refractivity contribution in [3.05, 3.63) is 12.2 Å². The summed E-state index contributed by atoms with van der Waals surface area (Å²) in [5.74, 6) is 1.69. The molecule has 9 heteroatoms. The first-order valence-electron chi connectivity index (χ1n) is 8.78. The van der Waals surface area contributed by atoms with Crippen LogP contribution < -0.4 is 10.6 Å². The number of aromatic nitrogens is 3. The second kappa shape index (κ2) is 10.9. The van der Waals surface area contributed by atoms with E-state index in [1.807, 2.05) is 4.57 Å². The number of hydrogen-bond donors (Lipinski definition) is 2. The van der Waals surface area contributed by atoms with Crippen molar-refractivity contribution in [3.8, 4) is 0 Å². The van der Waals surface area contributed by atoms with E-state index in [2.05, 4.69) is 58.4 Å². The van der Waals surface area contributed by atoms with Crippen LogP contribution >= 0.6 is 24.0 Å². The molecule has 8 nitrogen and oxygen atoms in total. The zero-order chi connectivity index (χ0) is 17.4. The van der Waals surface area contributed by atoms with Crippen molar-refractivity contribution in [1.82, 2.24) is 30.3 Å². The molecular formula is C16H32IN7O. The molecule has 0 saturated carbocycles. The molecule has 1 aromatic heterocycles. The normalized spacial score (nSPS) is 16.4. The lowest BCUT2D eigenvalue weighted by Gasteiger charge is -2.41. The third-order valence-corrected chi connectivity index (χ3v) is 4.31. The fourth-order valence-electron chi connectivity index (χ4n) is 2.74. The average molecular weight is 465 g/mol. The smallest absolute Gasteiger partial charge is 0.191 e. The van der Waals surface area contributed by atoms with Crippen LogP contribution in [0.15, 0.2) is 11.3 Å². The highest BCUT2D eigenvalue weighted by molar-refractivity contribution is 14.0. The van der Waals surface area contributed by atoms with Crippen LogP contribution in [0.3, 0.4) is 0 Å². The summed E-state index contributed by atoms with van der Waals surface area (Å²) in [5.41, 5.74) is 0.0451. The largest absolute Gasteiger partial charge is 0.379 e. The molecule has 0 spiro atoms. The van der Waals surface area contributed by atoms with E-state index < -0.39 is 0 Å². The Morgan fingerprint density at radius 1 is 1.28 bits per heavy atom. The summed E-state index contributed by atoms with van der Waals surface area (Å²) in [6.07, 6.45) is 1.74. The highest BCUT2D eigenvalue weighted by Gasteiger charge is 2.28. The van der Waals surface area contributed by atoms with Crippen molar-refractivity contribution >= 4 is 29.9 Å². The van der Waals surface area contributed by atoms with E-state index in [9.17, 15) is 0 Å². The number of nitrogens with zero attached hydrogens (tertiary/aromatic N) is 5. The fraction of sp³-hybridized carbons (Fsp3) is 0.812. The van der Waals surface area contributed by atoms with Gasteiger partial charge in [-0.05, 0) is 27.7 Å². The van der Waals surface area contributed by atoms with Gasteiger partial charge in [0.25, 0.3) is 0 Å². The zero-order valence-corrected chi connectivity index (χ0v) is 18.1. The molecular weight excluding hydrogens is 433 g/mol. The summed E-state index contributed by atoms with van der Waals surface area (Å²) < 4.78 is 7.45. The van der Waals surface area contributed by atoms with Gasteiger partial charge in [-0.15, -0.1) is 34.2 Å². The summed E-state index contributed by atoms with van der Waals surface area (Å²) in [7, 11) is 0. The molecule has 0 aromatic carbocycles. The molecule has 1 saturated heterocycles. The number of nitrogens with one attached hydrogen (secondary N) is 2. The lowest BCUT2D eigenvalue weighted by Crippen LogP contribution is -2.56. The van der Waals surface area contributed by atoms with E-state index in [0.717, 1.165) is 57.7 Å². The number of rotatable bonds is 7. The zero-order valence-electron chi connectivity index (χ0n) is 15.8. The number of ether oxygens (including phenoxy) is 1. The third kappa shape index (κ3) is 6.70. The maximum absolute atomic E-state index is 5.45. The van der Waals surface area contributed by atoms with Crippen molar-refractivity contribution in [2.24, 2.45) is 4.99 Å². The van der Waals surface area contributed by atoms with Gasteiger partial charge in [0.1, 0.15) is 12.9 Å². The maximum atomic E-state index is 5.45. The van der Waals surface area contributed by atoms with Gasteiger partial charge in [-0.1, -0.05) is 0 Å². The molecule has 1 aliphatic rings. The highest BCUT2D eigenvalue weighted by atomic mass is 127. The average Bonchev–Trinajstić information content (AvgIpc) is 3.06. The van der Waals surface area contributed by atoms with Gasteiger partial charge in [-0.3, -0.25) is 4.90 Å². The Balaban J connectivity index is 0.00000312. The number of morpholine rings is 1. The minimum Gasteiger partial charge on any atom is -0.379 e. The molecule has 1 aromatic rings. The molecule has 1 aliphatic heterocycles. The molecule has 2 heterocycles. The summed E-state index contributed by atoms with van der Waals surface area (Å²) in [4.78, 5) is 7.10. The standard InChI is InChI=1S/C16H31N7O.HI/c1-5-17-15(18-11-14-21-20-13-22(14)6-2)19-12-16(3,4)23-7-9-24-10-8-23;/h13H,5-12H2,1-4H3,(H2,17,18,19);1H. The van der Waals surface area contributed by atoms with Crippen LogP contribution in [-0.4, -0.2) is 70.6 Å². The van der Waals surface area contributed by atoms with Crippen molar-refractivity contribution in [1.29, 1.82) is 0 Å². The van der Waals surface area contributed by atoms with Crippen LogP contribution in [0, 0.1) is 0 Å². The number of halogens is 1. The molecule has 2 N–H and O–H groups in total. The Bertz CT molecular complexity index is 526. The number of aryl methyl sites for hydroxylation is 1.